The Bertz CT molecular complexity index is 1180. The van der Waals surface area contributed by atoms with Gasteiger partial charge < -0.3 is 10.1 Å². The van der Waals surface area contributed by atoms with Gasteiger partial charge in [-0.15, -0.1) is 11.3 Å². The molecule has 0 radical (unpaired) electrons. The first-order valence-corrected chi connectivity index (χ1v) is 11.5. The molecule has 0 saturated carbocycles. The highest BCUT2D eigenvalue weighted by Gasteiger charge is 2.17. The number of anilines is 2. The molecule has 0 fully saturated rings. The molecule has 0 aliphatic carbocycles. The van der Waals surface area contributed by atoms with E-state index in [2.05, 4.69) is 15.0 Å². The van der Waals surface area contributed by atoms with Crippen molar-refractivity contribution >= 4 is 38.6 Å². The predicted molar refractivity (Wildman–Crippen MR) is 115 cm³/mol. The van der Waals surface area contributed by atoms with Crippen molar-refractivity contribution in [1.29, 1.82) is 0 Å². The molecule has 30 heavy (non-hydrogen) atoms. The molecule has 1 aromatic heterocycles. The van der Waals surface area contributed by atoms with Gasteiger partial charge in [-0.1, -0.05) is 12.1 Å². The number of hydrogen-bond acceptors (Lipinski definition) is 6. The Morgan fingerprint density at radius 2 is 1.90 bits per heavy atom. The third kappa shape index (κ3) is 5.55. The second-order valence-corrected chi connectivity index (χ2v) is 9.40. The van der Waals surface area contributed by atoms with Gasteiger partial charge in [-0.05, 0) is 36.8 Å². The minimum absolute atomic E-state index is 0.272. The summed E-state index contributed by atoms with van der Waals surface area (Å²) in [6.45, 7) is 1.75. The van der Waals surface area contributed by atoms with Crippen LogP contribution >= 0.6 is 11.3 Å². The van der Waals surface area contributed by atoms with Gasteiger partial charge in [-0.3, -0.25) is 9.52 Å². The Kier molecular flexibility index (Phi) is 6.37. The van der Waals surface area contributed by atoms with Crippen LogP contribution in [0.4, 0.5) is 15.8 Å². The lowest BCUT2D eigenvalue weighted by atomic mass is 10.1. The fourth-order valence-corrected chi connectivity index (χ4v) is 4.32. The maximum Gasteiger partial charge on any atom is 0.267 e. The van der Waals surface area contributed by atoms with Gasteiger partial charge in [0.15, 0.2) is 0 Å². The topological polar surface area (TPSA) is 97.4 Å². The van der Waals surface area contributed by atoms with E-state index >= 15 is 0 Å². The van der Waals surface area contributed by atoms with Crippen molar-refractivity contribution in [1.82, 2.24) is 4.98 Å². The number of hydrogen-bond donors (Lipinski definition) is 2. The lowest BCUT2D eigenvalue weighted by Gasteiger charge is -2.12. The van der Waals surface area contributed by atoms with Gasteiger partial charge in [0.25, 0.3) is 5.91 Å². The molecular formula is C20H20FN3O4S2. The number of amides is 1. The summed E-state index contributed by atoms with van der Waals surface area (Å²) in [6.07, 6.45) is 1.54. The van der Waals surface area contributed by atoms with Gasteiger partial charge in [-0.2, -0.15) is 0 Å². The number of aromatic nitrogens is 1. The van der Waals surface area contributed by atoms with Crippen molar-refractivity contribution in [2.75, 3.05) is 23.4 Å². The smallest absolute Gasteiger partial charge is 0.267 e. The third-order valence-corrected chi connectivity index (χ3v) is 5.82. The van der Waals surface area contributed by atoms with Crippen molar-refractivity contribution in [3.8, 4) is 5.75 Å². The van der Waals surface area contributed by atoms with E-state index in [0.717, 1.165) is 16.8 Å². The molecule has 158 valence electrons. The summed E-state index contributed by atoms with van der Waals surface area (Å²) < 4.78 is 43.5. The van der Waals surface area contributed by atoms with E-state index in [1.807, 2.05) is 0 Å². The number of benzene rings is 2. The Labute approximate surface area is 178 Å². The molecule has 2 aromatic carbocycles. The normalized spacial score (nSPS) is 11.2. The summed E-state index contributed by atoms with van der Waals surface area (Å²) in [6, 6.07) is 10.8. The molecule has 0 saturated heterocycles. The van der Waals surface area contributed by atoms with Gasteiger partial charge in [0.2, 0.25) is 10.0 Å². The maximum atomic E-state index is 13.1. The summed E-state index contributed by atoms with van der Waals surface area (Å²) in [5.41, 5.74) is 2.21. The second kappa shape index (κ2) is 8.80. The lowest BCUT2D eigenvalue weighted by Crippen LogP contribution is -2.13. The highest BCUT2D eigenvalue weighted by Crippen LogP contribution is 2.29. The predicted octanol–water partition coefficient (Wildman–Crippen LogP) is 3.81. The van der Waals surface area contributed by atoms with Crippen LogP contribution in [0.5, 0.6) is 5.75 Å². The zero-order valence-electron chi connectivity index (χ0n) is 16.5. The van der Waals surface area contributed by atoms with E-state index in [9.17, 15) is 17.6 Å². The zero-order valence-corrected chi connectivity index (χ0v) is 18.2. The quantitative estimate of drug-likeness (QED) is 0.572. The summed E-state index contributed by atoms with van der Waals surface area (Å²) >= 11 is 1.27. The van der Waals surface area contributed by atoms with Crippen LogP contribution < -0.4 is 14.8 Å². The molecule has 0 aliphatic rings. The number of aryl methyl sites for hydroxylation is 1. The highest BCUT2D eigenvalue weighted by molar-refractivity contribution is 7.92. The first-order valence-electron chi connectivity index (χ1n) is 8.82. The fraction of sp³-hybridized carbons (Fsp3) is 0.200. The molecule has 0 unspecified atom stereocenters. The monoisotopic (exact) mass is 449 g/mol. The van der Waals surface area contributed by atoms with Crippen LogP contribution in [0.3, 0.4) is 0 Å². The maximum absolute atomic E-state index is 13.1. The van der Waals surface area contributed by atoms with Crippen LogP contribution in [0, 0.1) is 12.7 Å². The van der Waals surface area contributed by atoms with Crippen LogP contribution in [0.1, 0.15) is 25.9 Å². The molecule has 10 heteroatoms. The molecule has 2 N–H and O–H groups in total. The first-order chi connectivity index (χ1) is 14.1. The minimum atomic E-state index is -3.46. The number of methoxy groups -OCH3 is 1. The largest absolute Gasteiger partial charge is 0.494 e. The van der Waals surface area contributed by atoms with Crippen molar-refractivity contribution in [3.63, 3.8) is 0 Å². The van der Waals surface area contributed by atoms with Crippen molar-refractivity contribution in [2.24, 2.45) is 0 Å². The van der Waals surface area contributed by atoms with E-state index in [0.29, 0.717) is 22.7 Å². The molecule has 3 aromatic rings. The van der Waals surface area contributed by atoms with Crippen molar-refractivity contribution in [3.05, 3.63) is 69.4 Å². The van der Waals surface area contributed by atoms with Crippen LogP contribution in [-0.4, -0.2) is 32.7 Å². The number of nitrogens with one attached hydrogen (secondary N) is 2. The van der Waals surface area contributed by atoms with E-state index < -0.39 is 10.0 Å². The standard InChI is InChI=1S/C20H20FN3O4S2/c1-12-19(29-18(22-12)10-13-4-6-14(21)7-5-13)20(25)23-15-8-9-16(17(11-15)28-2)24-30(3,26)27/h4-9,11,24H,10H2,1-3H3,(H,23,25). The number of ether oxygens (including phenoxy) is 1. The van der Waals surface area contributed by atoms with E-state index in [1.54, 1.807) is 25.1 Å². The first kappa shape index (κ1) is 21.7. The molecule has 0 bridgehead atoms. The Morgan fingerprint density at radius 1 is 1.20 bits per heavy atom. The second-order valence-electron chi connectivity index (χ2n) is 6.57. The van der Waals surface area contributed by atoms with Gasteiger partial charge in [0.1, 0.15) is 16.4 Å². The Morgan fingerprint density at radius 3 is 2.53 bits per heavy atom. The molecule has 7 nitrogen and oxygen atoms in total. The molecular weight excluding hydrogens is 429 g/mol. The molecule has 3 rings (SSSR count). The van der Waals surface area contributed by atoms with Gasteiger partial charge in [-0.25, -0.2) is 17.8 Å². The molecule has 0 spiro atoms. The number of carbonyl (C=O) groups excluding carboxylic acids is 1. The SMILES string of the molecule is COc1cc(NC(=O)c2sc(Cc3ccc(F)cc3)nc2C)ccc1NS(C)(=O)=O. The average molecular weight is 450 g/mol. The Balaban J connectivity index is 1.76. The molecule has 1 amide bonds. The van der Waals surface area contributed by atoms with Gasteiger partial charge >= 0.3 is 0 Å². The molecule has 0 atom stereocenters. The van der Waals surface area contributed by atoms with Crippen LogP contribution in [0.15, 0.2) is 42.5 Å². The van der Waals surface area contributed by atoms with E-state index in [4.69, 9.17) is 4.74 Å². The van der Waals surface area contributed by atoms with Crippen LogP contribution in [-0.2, 0) is 16.4 Å². The minimum Gasteiger partial charge on any atom is -0.494 e. The summed E-state index contributed by atoms with van der Waals surface area (Å²) in [4.78, 5) is 17.6. The summed E-state index contributed by atoms with van der Waals surface area (Å²) in [5, 5.41) is 3.52. The molecule has 0 aliphatic heterocycles. The molecule has 1 heterocycles. The number of nitrogens with zero attached hydrogens (tertiary/aromatic N) is 1. The van der Waals surface area contributed by atoms with E-state index in [-0.39, 0.29) is 23.2 Å². The third-order valence-electron chi connectivity index (χ3n) is 4.07. The lowest BCUT2D eigenvalue weighted by molar-refractivity contribution is 0.103. The highest BCUT2D eigenvalue weighted by atomic mass is 32.2. The van der Waals surface area contributed by atoms with Crippen LogP contribution in [0.2, 0.25) is 0 Å². The summed E-state index contributed by atoms with van der Waals surface area (Å²) in [5.74, 6) is -0.361. The number of carbonyl (C=O) groups is 1. The fourth-order valence-electron chi connectivity index (χ4n) is 2.76. The van der Waals surface area contributed by atoms with Crippen LogP contribution in [0.25, 0.3) is 0 Å². The zero-order chi connectivity index (χ0) is 21.9. The number of rotatable bonds is 7. The number of thiazole rings is 1. The van der Waals surface area contributed by atoms with Crippen molar-refractivity contribution < 1.29 is 22.3 Å². The number of sulfonamides is 1. The average Bonchev–Trinajstić information content (AvgIpc) is 3.04. The number of halogens is 1. The van der Waals surface area contributed by atoms with Gasteiger partial charge in [0, 0.05) is 18.2 Å². The summed E-state index contributed by atoms with van der Waals surface area (Å²) in [7, 11) is -2.06. The van der Waals surface area contributed by atoms with Gasteiger partial charge in [0.05, 0.1) is 29.8 Å². The Hall–Kier alpha value is -2.98. The van der Waals surface area contributed by atoms with Crippen molar-refractivity contribution in [2.45, 2.75) is 13.3 Å². The van der Waals surface area contributed by atoms with E-state index in [1.165, 1.54) is 42.7 Å².